The molecular weight excluding hydrogens is 430 g/mol. The molecule has 0 radical (unpaired) electrons. The number of thioether (sulfide) groups is 1. The minimum absolute atomic E-state index is 0.0355. The molecule has 0 saturated heterocycles. The van der Waals surface area contributed by atoms with E-state index in [0.29, 0.717) is 10.4 Å². The summed E-state index contributed by atoms with van der Waals surface area (Å²) in [7, 11) is 0. The second-order valence-corrected chi connectivity index (χ2v) is 8.89. The van der Waals surface area contributed by atoms with E-state index < -0.39 is 17.5 Å². The molecule has 1 atom stereocenters. The van der Waals surface area contributed by atoms with Crippen LogP contribution in [0.5, 0.6) is 0 Å². The topological polar surface area (TPSA) is 75.2 Å². The second-order valence-electron chi connectivity index (χ2n) is 6.69. The second kappa shape index (κ2) is 8.49. The van der Waals surface area contributed by atoms with E-state index in [4.69, 9.17) is 0 Å². The highest BCUT2D eigenvalue weighted by Crippen LogP contribution is 2.33. The van der Waals surface area contributed by atoms with Gasteiger partial charge in [0.15, 0.2) is 4.34 Å². The fraction of sp³-hybridized carbons (Fsp3) is 0.200. The molecule has 0 unspecified atom stereocenters. The molecule has 10 heteroatoms. The number of rotatable bonds is 5. The summed E-state index contributed by atoms with van der Waals surface area (Å²) in [5, 5.41) is 10.4. The van der Waals surface area contributed by atoms with Crippen LogP contribution in [0.1, 0.15) is 22.8 Å². The Morgan fingerprint density at radius 3 is 2.83 bits per heavy atom. The Hall–Kier alpha value is -2.85. The fourth-order valence-electron chi connectivity index (χ4n) is 3.30. The van der Waals surface area contributed by atoms with E-state index in [-0.39, 0.29) is 28.4 Å². The molecule has 0 aliphatic carbocycles. The van der Waals surface area contributed by atoms with Gasteiger partial charge in [-0.1, -0.05) is 41.3 Å². The molecule has 0 bridgehead atoms. The number of amides is 2. The molecule has 1 aliphatic rings. The molecule has 0 saturated carbocycles. The van der Waals surface area contributed by atoms with Gasteiger partial charge in [0.2, 0.25) is 11.0 Å². The number of aromatic nitrogens is 2. The molecular formula is C20H16F2N4O2S2. The molecule has 4 rings (SSSR count). The number of fused-ring (bicyclic) bond motifs is 1. The predicted molar refractivity (Wildman–Crippen MR) is 112 cm³/mol. The van der Waals surface area contributed by atoms with Crippen molar-refractivity contribution in [3.63, 3.8) is 0 Å². The zero-order valence-corrected chi connectivity index (χ0v) is 17.4. The van der Waals surface area contributed by atoms with Gasteiger partial charge in [-0.3, -0.25) is 14.9 Å². The van der Waals surface area contributed by atoms with Gasteiger partial charge in [-0.05, 0) is 37.1 Å². The van der Waals surface area contributed by atoms with Crippen molar-refractivity contribution in [3.8, 4) is 0 Å². The first kappa shape index (κ1) is 20.4. The van der Waals surface area contributed by atoms with Crippen molar-refractivity contribution < 1.29 is 18.4 Å². The zero-order valence-electron chi connectivity index (χ0n) is 15.8. The quantitative estimate of drug-likeness (QED) is 0.471. The average molecular weight is 447 g/mol. The predicted octanol–water partition coefficient (Wildman–Crippen LogP) is 4.14. The summed E-state index contributed by atoms with van der Waals surface area (Å²) in [5.74, 6) is -2.34. The Bertz CT molecular complexity index is 1120. The Kier molecular flexibility index (Phi) is 5.78. The van der Waals surface area contributed by atoms with Gasteiger partial charge in [0, 0.05) is 17.8 Å². The maximum atomic E-state index is 13.7. The van der Waals surface area contributed by atoms with Crippen molar-refractivity contribution in [2.45, 2.75) is 23.7 Å². The number of carbonyl (C=O) groups is 2. The Balaban J connectivity index is 1.37. The van der Waals surface area contributed by atoms with Crippen molar-refractivity contribution in [2.75, 3.05) is 16.0 Å². The number of carbonyl (C=O) groups excluding carboxylic acids is 2. The number of benzene rings is 2. The molecule has 0 spiro atoms. The SMILES string of the molecule is C[C@H]1Cc2ccccc2N1C(=O)CSc1nnc(NC(=O)c2ccc(F)cc2F)s1. The first-order valence-electron chi connectivity index (χ1n) is 9.05. The molecule has 0 fully saturated rings. The van der Waals surface area contributed by atoms with Crippen molar-refractivity contribution in [2.24, 2.45) is 0 Å². The number of hydrogen-bond donors (Lipinski definition) is 1. The Labute approximate surface area is 179 Å². The van der Waals surface area contributed by atoms with Crippen LogP contribution in [0.4, 0.5) is 19.6 Å². The number of nitrogens with zero attached hydrogens (tertiary/aromatic N) is 3. The molecule has 2 aromatic carbocycles. The van der Waals surface area contributed by atoms with Gasteiger partial charge in [0.25, 0.3) is 5.91 Å². The lowest BCUT2D eigenvalue weighted by Gasteiger charge is -2.22. The smallest absolute Gasteiger partial charge is 0.260 e. The van der Waals surface area contributed by atoms with Crippen molar-refractivity contribution in [3.05, 3.63) is 65.2 Å². The van der Waals surface area contributed by atoms with Gasteiger partial charge < -0.3 is 4.90 Å². The highest BCUT2D eigenvalue weighted by atomic mass is 32.2. The normalized spacial score (nSPS) is 15.2. The van der Waals surface area contributed by atoms with Gasteiger partial charge in [-0.25, -0.2) is 8.78 Å². The van der Waals surface area contributed by atoms with Gasteiger partial charge in [0.1, 0.15) is 11.6 Å². The molecule has 1 aromatic heterocycles. The maximum absolute atomic E-state index is 13.7. The summed E-state index contributed by atoms with van der Waals surface area (Å²) in [4.78, 5) is 26.7. The number of anilines is 2. The van der Waals surface area contributed by atoms with E-state index >= 15 is 0 Å². The third kappa shape index (κ3) is 4.19. The van der Waals surface area contributed by atoms with E-state index in [9.17, 15) is 18.4 Å². The van der Waals surface area contributed by atoms with Crippen LogP contribution < -0.4 is 10.2 Å². The number of halogens is 2. The lowest BCUT2D eigenvalue weighted by molar-refractivity contribution is -0.116. The van der Waals surface area contributed by atoms with E-state index in [0.717, 1.165) is 41.1 Å². The van der Waals surface area contributed by atoms with E-state index in [2.05, 4.69) is 15.5 Å². The lowest BCUT2D eigenvalue weighted by atomic mass is 10.1. The highest BCUT2D eigenvalue weighted by molar-refractivity contribution is 8.01. The molecule has 2 heterocycles. The summed E-state index contributed by atoms with van der Waals surface area (Å²) >= 11 is 2.30. The van der Waals surface area contributed by atoms with E-state index in [1.807, 2.05) is 31.2 Å². The van der Waals surface area contributed by atoms with Crippen LogP contribution in [0.25, 0.3) is 0 Å². The van der Waals surface area contributed by atoms with Gasteiger partial charge in [0.05, 0.1) is 11.3 Å². The lowest BCUT2D eigenvalue weighted by Crippen LogP contribution is -2.36. The summed E-state index contributed by atoms with van der Waals surface area (Å²) in [6.45, 7) is 2.01. The minimum atomic E-state index is -0.961. The van der Waals surface area contributed by atoms with Crippen LogP contribution in [-0.2, 0) is 11.2 Å². The monoisotopic (exact) mass is 446 g/mol. The van der Waals surface area contributed by atoms with Crippen LogP contribution in [0.15, 0.2) is 46.8 Å². The molecule has 1 N–H and O–H groups in total. The fourth-order valence-corrected chi connectivity index (χ4v) is 4.90. The molecule has 154 valence electrons. The van der Waals surface area contributed by atoms with Crippen LogP contribution in [0.2, 0.25) is 0 Å². The Morgan fingerprint density at radius 1 is 1.23 bits per heavy atom. The molecule has 2 amide bonds. The van der Waals surface area contributed by atoms with Gasteiger partial charge in [-0.15, -0.1) is 10.2 Å². The van der Waals surface area contributed by atoms with E-state index in [1.165, 1.54) is 11.8 Å². The van der Waals surface area contributed by atoms with Crippen molar-refractivity contribution >= 4 is 45.7 Å². The van der Waals surface area contributed by atoms with Crippen molar-refractivity contribution in [1.82, 2.24) is 10.2 Å². The van der Waals surface area contributed by atoms with E-state index in [1.54, 1.807) is 4.90 Å². The molecule has 1 aliphatic heterocycles. The first-order valence-corrected chi connectivity index (χ1v) is 10.9. The zero-order chi connectivity index (χ0) is 21.3. The Morgan fingerprint density at radius 2 is 2.03 bits per heavy atom. The summed E-state index contributed by atoms with van der Waals surface area (Å²) in [6, 6.07) is 10.6. The molecule has 6 nitrogen and oxygen atoms in total. The van der Waals surface area contributed by atoms with Crippen molar-refractivity contribution in [1.29, 1.82) is 0 Å². The standard InChI is InChI=1S/C20H16F2N4O2S2/c1-11-8-12-4-2-3-5-16(12)26(11)17(27)10-29-20-25-24-19(30-20)23-18(28)14-7-6-13(21)9-15(14)22/h2-7,9,11H,8,10H2,1H3,(H,23,24,28)/t11-/m0/s1. The number of nitrogens with one attached hydrogen (secondary N) is 1. The van der Waals surface area contributed by atoms with Gasteiger partial charge in [-0.2, -0.15) is 0 Å². The minimum Gasteiger partial charge on any atom is -0.308 e. The number of para-hydroxylation sites is 1. The summed E-state index contributed by atoms with van der Waals surface area (Å²) in [5.41, 5.74) is 1.79. The van der Waals surface area contributed by atoms with Crippen LogP contribution in [0.3, 0.4) is 0 Å². The number of hydrogen-bond acceptors (Lipinski definition) is 6. The largest absolute Gasteiger partial charge is 0.308 e. The first-order chi connectivity index (χ1) is 14.4. The third-order valence-electron chi connectivity index (χ3n) is 4.60. The maximum Gasteiger partial charge on any atom is 0.260 e. The van der Waals surface area contributed by atoms with Crippen LogP contribution in [-0.4, -0.2) is 33.8 Å². The highest BCUT2D eigenvalue weighted by Gasteiger charge is 2.30. The molecule has 3 aromatic rings. The van der Waals surface area contributed by atoms with Crippen LogP contribution in [0, 0.1) is 11.6 Å². The average Bonchev–Trinajstić information content (AvgIpc) is 3.29. The summed E-state index contributed by atoms with van der Waals surface area (Å²) in [6.07, 6.45) is 0.821. The van der Waals surface area contributed by atoms with Gasteiger partial charge >= 0.3 is 0 Å². The van der Waals surface area contributed by atoms with Crippen LogP contribution >= 0.6 is 23.1 Å². The molecule has 30 heavy (non-hydrogen) atoms. The third-order valence-corrected chi connectivity index (χ3v) is 6.55. The summed E-state index contributed by atoms with van der Waals surface area (Å²) < 4.78 is 27.2.